The van der Waals surface area contributed by atoms with Crippen molar-refractivity contribution in [1.82, 2.24) is 9.97 Å². The van der Waals surface area contributed by atoms with Gasteiger partial charge in [0.25, 0.3) is 0 Å². The Balaban J connectivity index is 0.000000945. The van der Waals surface area contributed by atoms with Gasteiger partial charge in [-0.25, -0.2) is 0 Å². The van der Waals surface area contributed by atoms with Crippen molar-refractivity contribution in [3.8, 4) is 45.1 Å². The van der Waals surface area contributed by atoms with Crippen molar-refractivity contribution in [2.75, 3.05) is 0 Å². The van der Waals surface area contributed by atoms with E-state index in [0.29, 0.717) is 0 Å². The van der Waals surface area contributed by atoms with E-state index < -0.39 is 17.9 Å². The van der Waals surface area contributed by atoms with Gasteiger partial charge < -0.3 is 39.9 Å². The van der Waals surface area contributed by atoms with Gasteiger partial charge >= 0.3 is 17.1 Å². The Morgan fingerprint density at radius 3 is 1.08 bits per heavy atom. The molecular formula is C28H25MnN2O8. The van der Waals surface area contributed by atoms with Gasteiger partial charge in [0.2, 0.25) is 0 Å². The second-order valence-electron chi connectivity index (χ2n) is 7.37. The Morgan fingerprint density at radius 2 is 0.846 bits per heavy atom. The Kier molecular flexibility index (Phi) is 15.5. The van der Waals surface area contributed by atoms with Crippen LogP contribution in [0.25, 0.3) is 33.6 Å². The number of carboxylic acid groups (broad SMARTS) is 3. The number of rotatable bonds is 3. The minimum absolute atomic E-state index is 0. The van der Waals surface area contributed by atoms with Gasteiger partial charge in [-0.3, -0.25) is 9.97 Å². The molecule has 0 radical (unpaired) electrons. The summed E-state index contributed by atoms with van der Waals surface area (Å²) in [6.07, 6.45) is 3.45. The number of carbonyl (C=O) groups excluding carboxylic acids is 3. The molecule has 10 nitrogen and oxygen atoms in total. The van der Waals surface area contributed by atoms with E-state index in [9.17, 15) is 10.2 Å². The molecule has 4 rings (SSSR count). The van der Waals surface area contributed by atoms with Crippen LogP contribution < -0.4 is 15.3 Å². The van der Waals surface area contributed by atoms with Crippen molar-refractivity contribution in [2.45, 2.75) is 20.8 Å². The van der Waals surface area contributed by atoms with Gasteiger partial charge in [-0.2, -0.15) is 0 Å². The zero-order chi connectivity index (χ0) is 28.7. The number of benzene rings is 2. The fourth-order valence-corrected chi connectivity index (χ4v) is 2.84. The molecule has 0 unspecified atom stereocenters. The maximum atomic E-state index is 9.95. The third-order valence-electron chi connectivity index (χ3n) is 4.22. The number of nitrogens with zero attached hydrogens (tertiary/aromatic N) is 2. The number of phenols is 2. The standard InChI is InChI=1S/C22H16N2O2.3C2H4O2.Mn/c25-21-7-3-1-5-17(21)15-9-11-19(23-13-15)20-12-10-16(14-24-20)18-6-2-4-8-22(18)26;3*1-2(3)4;/h1-14,25-26H;3*1H3,(H,3,4);/q;;;;+3/p-3. The number of pyridine rings is 2. The van der Waals surface area contributed by atoms with Crippen LogP contribution in [0.3, 0.4) is 0 Å². The molecule has 2 aromatic carbocycles. The molecule has 0 atom stereocenters. The zero-order valence-corrected chi connectivity index (χ0v) is 22.4. The van der Waals surface area contributed by atoms with Crippen LogP contribution in [-0.4, -0.2) is 38.1 Å². The van der Waals surface area contributed by atoms with E-state index in [-0.39, 0.29) is 28.6 Å². The minimum Gasteiger partial charge on any atom is -0.550 e. The number of carbonyl (C=O) groups is 3. The van der Waals surface area contributed by atoms with Crippen LogP contribution in [-0.2, 0) is 31.5 Å². The molecule has 2 N–H and O–H groups in total. The van der Waals surface area contributed by atoms with Crippen LogP contribution in [0.5, 0.6) is 11.5 Å². The number of aromatic nitrogens is 2. The summed E-state index contributed by atoms with van der Waals surface area (Å²) >= 11 is 0. The van der Waals surface area contributed by atoms with Crippen molar-refractivity contribution < 1.29 is 57.0 Å². The molecule has 0 aliphatic carbocycles. The van der Waals surface area contributed by atoms with Crippen LogP contribution in [0.4, 0.5) is 0 Å². The maximum Gasteiger partial charge on any atom is 3.00 e. The smallest absolute Gasteiger partial charge is 0.550 e. The fourth-order valence-electron chi connectivity index (χ4n) is 2.84. The predicted molar refractivity (Wildman–Crippen MR) is 134 cm³/mol. The van der Waals surface area contributed by atoms with Crippen molar-refractivity contribution in [1.29, 1.82) is 0 Å². The molecule has 11 heteroatoms. The van der Waals surface area contributed by atoms with Crippen LogP contribution in [0.15, 0.2) is 85.2 Å². The van der Waals surface area contributed by atoms with E-state index in [0.717, 1.165) is 54.4 Å². The molecule has 0 spiro atoms. The van der Waals surface area contributed by atoms with E-state index in [4.69, 9.17) is 29.7 Å². The summed E-state index contributed by atoms with van der Waals surface area (Å²) in [7, 11) is 0. The molecule has 0 aliphatic rings. The summed E-state index contributed by atoms with van der Waals surface area (Å²) in [5, 5.41) is 46.6. The third kappa shape index (κ3) is 13.4. The second-order valence-corrected chi connectivity index (χ2v) is 7.37. The fraction of sp³-hybridized carbons (Fsp3) is 0.107. The molecule has 0 bridgehead atoms. The molecule has 2 aromatic heterocycles. The van der Waals surface area contributed by atoms with E-state index in [2.05, 4.69) is 9.97 Å². The van der Waals surface area contributed by atoms with Gasteiger partial charge in [-0.1, -0.05) is 48.5 Å². The Labute approximate surface area is 235 Å². The van der Waals surface area contributed by atoms with Crippen LogP contribution in [0.2, 0.25) is 0 Å². The minimum atomic E-state index is -1.08. The average molecular weight is 572 g/mol. The summed E-state index contributed by atoms with van der Waals surface area (Å²) in [6.45, 7) is 2.92. The van der Waals surface area contributed by atoms with E-state index in [1.54, 1.807) is 36.7 Å². The van der Waals surface area contributed by atoms with E-state index in [1.807, 2.05) is 48.5 Å². The topological polar surface area (TPSA) is 187 Å². The molecule has 0 aliphatic heterocycles. The first-order valence-corrected chi connectivity index (χ1v) is 10.9. The number of aliphatic carboxylic acids is 3. The summed E-state index contributed by atoms with van der Waals surface area (Å²) in [5.74, 6) is -2.79. The molecule has 202 valence electrons. The first kappa shape index (κ1) is 34.3. The zero-order valence-electron chi connectivity index (χ0n) is 21.2. The molecule has 0 saturated carbocycles. The normalized spacial score (nSPS) is 9.00. The van der Waals surface area contributed by atoms with Crippen molar-refractivity contribution in [2.24, 2.45) is 0 Å². The Hall–Kier alpha value is -4.73. The van der Waals surface area contributed by atoms with Crippen molar-refractivity contribution in [3.05, 3.63) is 85.2 Å². The molecule has 0 fully saturated rings. The van der Waals surface area contributed by atoms with Crippen LogP contribution >= 0.6 is 0 Å². The summed E-state index contributed by atoms with van der Waals surface area (Å²) in [5.41, 5.74) is 4.67. The predicted octanol–water partition coefficient (Wildman–Crippen LogP) is 1.15. The maximum absolute atomic E-state index is 9.95. The number of carboxylic acids is 3. The molecule has 0 saturated heterocycles. The molecule has 2 heterocycles. The number of para-hydroxylation sites is 2. The van der Waals surface area contributed by atoms with E-state index >= 15 is 0 Å². The molecule has 39 heavy (non-hydrogen) atoms. The third-order valence-corrected chi connectivity index (χ3v) is 4.22. The first-order chi connectivity index (χ1) is 17.9. The number of phenolic OH excluding ortho intramolecular Hbond substituents is 2. The summed E-state index contributed by atoms with van der Waals surface area (Å²) in [6, 6.07) is 21.9. The molecule has 0 amide bonds. The summed E-state index contributed by atoms with van der Waals surface area (Å²) < 4.78 is 0. The van der Waals surface area contributed by atoms with Gasteiger partial charge in [0.05, 0.1) is 11.4 Å². The quantitative estimate of drug-likeness (QED) is 0.337. The molecule has 4 aromatic rings. The van der Waals surface area contributed by atoms with Gasteiger partial charge in [-0.15, -0.1) is 0 Å². The second kappa shape index (κ2) is 17.7. The van der Waals surface area contributed by atoms with Gasteiger partial charge in [0.15, 0.2) is 0 Å². The van der Waals surface area contributed by atoms with Crippen LogP contribution in [0.1, 0.15) is 20.8 Å². The number of hydrogen-bond donors (Lipinski definition) is 2. The number of aromatic hydroxyl groups is 2. The SMILES string of the molecule is CC(=O)[O-].CC(=O)[O-].CC(=O)[O-].Oc1ccccc1-c1ccc(-c2ccc(-c3ccccc3O)cn2)nc1.[Mn+3]. The molecular weight excluding hydrogens is 547 g/mol. The Morgan fingerprint density at radius 1 is 0.564 bits per heavy atom. The van der Waals surface area contributed by atoms with Gasteiger partial charge in [0, 0.05) is 52.6 Å². The average Bonchev–Trinajstić information content (AvgIpc) is 2.84. The summed E-state index contributed by atoms with van der Waals surface area (Å²) in [4.78, 5) is 35.6. The monoisotopic (exact) mass is 572 g/mol. The van der Waals surface area contributed by atoms with Gasteiger partial charge in [-0.05, 0) is 45.0 Å². The van der Waals surface area contributed by atoms with Crippen LogP contribution in [0, 0.1) is 0 Å². The van der Waals surface area contributed by atoms with Crippen molar-refractivity contribution in [3.63, 3.8) is 0 Å². The Bertz CT molecular complexity index is 1220. The van der Waals surface area contributed by atoms with Gasteiger partial charge in [0.1, 0.15) is 11.5 Å². The first-order valence-electron chi connectivity index (χ1n) is 10.9. The van der Waals surface area contributed by atoms with E-state index in [1.165, 1.54) is 0 Å². The number of hydrogen-bond acceptors (Lipinski definition) is 10. The van der Waals surface area contributed by atoms with Crippen molar-refractivity contribution >= 4 is 17.9 Å². The largest absolute Gasteiger partial charge is 3.00 e.